The first-order chi connectivity index (χ1) is 8.54. The van der Waals surface area contributed by atoms with Crippen molar-refractivity contribution in [3.8, 4) is 0 Å². The van der Waals surface area contributed by atoms with Crippen molar-refractivity contribution < 1.29 is 0 Å². The first-order valence-corrected chi connectivity index (χ1v) is 7.58. The van der Waals surface area contributed by atoms with Crippen molar-refractivity contribution in [1.29, 1.82) is 0 Å². The number of rotatable bonds is 3. The highest BCUT2D eigenvalue weighted by atomic mass is 79.9. The van der Waals surface area contributed by atoms with Gasteiger partial charge in [-0.2, -0.15) is 0 Å². The largest absolute Gasteiger partial charge is 0.398 e. The lowest BCUT2D eigenvalue weighted by molar-refractivity contribution is 0.109. The van der Waals surface area contributed by atoms with E-state index in [1.807, 2.05) is 12.1 Å². The second-order valence-corrected chi connectivity index (χ2v) is 6.55. The van der Waals surface area contributed by atoms with Crippen LogP contribution in [0.3, 0.4) is 0 Å². The number of hydrogen-bond acceptors (Lipinski definition) is 2. The van der Waals surface area contributed by atoms with Gasteiger partial charge in [-0.05, 0) is 58.9 Å². The number of nitrogens with zero attached hydrogens (tertiary/aromatic N) is 1. The van der Waals surface area contributed by atoms with Gasteiger partial charge in [0.1, 0.15) is 0 Å². The number of hydrogen-bond donors (Lipinski definition) is 1. The third kappa shape index (κ3) is 3.07. The van der Waals surface area contributed by atoms with Crippen LogP contribution < -0.4 is 5.73 Å². The zero-order chi connectivity index (χ0) is 13.2. The van der Waals surface area contributed by atoms with E-state index in [1.54, 1.807) is 0 Å². The second kappa shape index (κ2) is 5.62. The molecule has 3 heteroatoms. The highest BCUT2D eigenvalue weighted by Gasteiger charge is 2.28. The molecule has 0 unspecified atom stereocenters. The van der Waals surface area contributed by atoms with Gasteiger partial charge < -0.3 is 5.73 Å². The van der Waals surface area contributed by atoms with Gasteiger partial charge in [0.2, 0.25) is 0 Å². The van der Waals surface area contributed by atoms with Crippen LogP contribution in [0.1, 0.15) is 38.7 Å². The van der Waals surface area contributed by atoms with E-state index in [-0.39, 0.29) is 0 Å². The van der Waals surface area contributed by atoms with Crippen LogP contribution in [0, 0.1) is 5.41 Å². The van der Waals surface area contributed by atoms with Crippen LogP contribution in [0.15, 0.2) is 22.7 Å². The Labute approximate surface area is 119 Å². The third-order valence-corrected chi connectivity index (χ3v) is 5.39. The van der Waals surface area contributed by atoms with Crippen molar-refractivity contribution in [2.75, 3.05) is 18.8 Å². The molecule has 1 saturated heterocycles. The molecule has 2 rings (SSSR count). The maximum Gasteiger partial charge on any atom is 0.0461 e. The summed E-state index contributed by atoms with van der Waals surface area (Å²) in [5, 5.41) is 0. The van der Waals surface area contributed by atoms with E-state index in [0.29, 0.717) is 5.41 Å². The van der Waals surface area contributed by atoms with Crippen LogP contribution in [0.2, 0.25) is 0 Å². The number of piperidine rings is 1. The molecule has 1 aliphatic heterocycles. The lowest BCUT2D eigenvalue weighted by Crippen LogP contribution is -2.38. The molecule has 0 spiro atoms. The molecule has 1 fully saturated rings. The molecular formula is C15H23BrN2. The number of halogens is 1. The van der Waals surface area contributed by atoms with Gasteiger partial charge in [-0.15, -0.1) is 0 Å². The summed E-state index contributed by atoms with van der Waals surface area (Å²) in [7, 11) is 0. The highest BCUT2D eigenvalue weighted by molar-refractivity contribution is 9.10. The first kappa shape index (κ1) is 13.9. The van der Waals surface area contributed by atoms with E-state index in [2.05, 4.69) is 40.7 Å². The first-order valence-electron chi connectivity index (χ1n) is 6.79. The van der Waals surface area contributed by atoms with Crippen LogP contribution in [0.5, 0.6) is 0 Å². The Morgan fingerprint density at radius 3 is 2.61 bits per heavy atom. The van der Waals surface area contributed by atoms with Gasteiger partial charge in [-0.3, -0.25) is 4.90 Å². The van der Waals surface area contributed by atoms with E-state index >= 15 is 0 Å². The molecule has 0 aromatic heterocycles. The van der Waals surface area contributed by atoms with Gasteiger partial charge in [-0.1, -0.05) is 32.4 Å². The Hall–Kier alpha value is -0.540. The normalized spacial score (nSPS) is 19.9. The number of benzene rings is 1. The Morgan fingerprint density at radius 2 is 2.00 bits per heavy atom. The van der Waals surface area contributed by atoms with Crippen LogP contribution in [-0.4, -0.2) is 18.0 Å². The summed E-state index contributed by atoms with van der Waals surface area (Å²) in [6, 6.07) is 6.14. The minimum atomic E-state index is 0.559. The van der Waals surface area contributed by atoms with Gasteiger partial charge in [0.05, 0.1) is 0 Å². The van der Waals surface area contributed by atoms with E-state index in [4.69, 9.17) is 5.73 Å². The van der Waals surface area contributed by atoms with Crippen molar-refractivity contribution in [3.63, 3.8) is 0 Å². The molecule has 1 heterocycles. The lowest BCUT2D eigenvalue weighted by atomic mass is 9.78. The van der Waals surface area contributed by atoms with Crippen molar-refractivity contribution in [3.05, 3.63) is 28.2 Å². The molecule has 2 N–H and O–H groups in total. The minimum Gasteiger partial charge on any atom is -0.398 e. The van der Waals surface area contributed by atoms with Gasteiger partial charge >= 0.3 is 0 Å². The number of nitrogens with two attached hydrogens (primary N) is 1. The van der Waals surface area contributed by atoms with Gasteiger partial charge in [-0.25, -0.2) is 0 Å². The molecule has 0 amide bonds. The maximum absolute atomic E-state index is 5.92. The molecule has 1 aromatic rings. The minimum absolute atomic E-state index is 0.559. The van der Waals surface area contributed by atoms with Crippen molar-refractivity contribution in [1.82, 2.24) is 4.90 Å². The zero-order valence-corrected chi connectivity index (χ0v) is 13.0. The van der Waals surface area contributed by atoms with Crippen molar-refractivity contribution in [2.24, 2.45) is 5.41 Å². The Morgan fingerprint density at radius 1 is 1.33 bits per heavy atom. The summed E-state index contributed by atoms with van der Waals surface area (Å²) >= 11 is 3.59. The molecule has 0 bridgehead atoms. The molecule has 1 aliphatic rings. The van der Waals surface area contributed by atoms with Crippen LogP contribution >= 0.6 is 15.9 Å². The average Bonchev–Trinajstić information content (AvgIpc) is 2.38. The summed E-state index contributed by atoms with van der Waals surface area (Å²) in [6.07, 6.45) is 3.91. The van der Waals surface area contributed by atoms with Gasteiger partial charge in [0.15, 0.2) is 0 Å². The fourth-order valence-corrected chi connectivity index (χ4v) is 2.96. The van der Waals surface area contributed by atoms with E-state index in [1.165, 1.54) is 37.9 Å². The molecule has 0 atom stereocenters. The Bertz CT molecular complexity index is 409. The fourth-order valence-electron chi connectivity index (χ4n) is 2.57. The van der Waals surface area contributed by atoms with Crippen LogP contribution in [-0.2, 0) is 6.54 Å². The standard InChI is InChI=1S/C15H23BrN2/c1-3-15(2)7-9-18(10-8-15)11-12-5-4-6-13(17)14(12)16/h4-6H,3,7-11,17H2,1-2H3. The van der Waals surface area contributed by atoms with E-state index < -0.39 is 0 Å². The van der Waals surface area contributed by atoms with Crippen LogP contribution in [0.25, 0.3) is 0 Å². The predicted molar refractivity (Wildman–Crippen MR) is 81.5 cm³/mol. The van der Waals surface area contributed by atoms with E-state index in [0.717, 1.165) is 16.7 Å². The molecule has 1 aromatic carbocycles. The Kier molecular flexibility index (Phi) is 4.33. The number of anilines is 1. The molecule has 100 valence electrons. The van der Waals surface area contributed by atoms with Crippen molar-refractivity contribution in [2.45, 2.75) is 39.7 Å². The summed E-state index contributed by atoms with van der Waals surface area (Å²) in [4.78, 5) is 2.54. The molecular weight excluding hydrogens is 288 g/mol. The van der Waals surface area contributed by atoms with E-state index in [9.17, 15) is 0 Å². The van der Waals surface area contributed by atoms with Crippen molar-refractivity contribution >= 4 is 21.6 Å². The number of likely N-dealkylation sites (tertiary alicyclic amines) is 1. The summed E-state index contributed by atoms with van der Waals surface area (Å²) in [6.45, 7) is 8.13. The topological polar surface area (TPSA) is 29.3 Å². The second-order valence-electron chi connectivity index (χ2n) is 5.76. The molecule has 0 aliphatic carbocycles. The monoisotopic (exact) mass is 310 g/mol. The maximum atomic E-state index is 5.92. The van der Waals surface area contributed by atoms with Gasteiger partial charge in [0, 0.05) is 16.7 Å². The SMILES string of the molecule is CCC1(C)CCN(Cc2cccc(N)c2Br)CC1. The lowest BCUT2D eigenvalue weighted by Gasteiger charge is -2.39. The summed E-state index contributed by atoms with van der Waals surface area (Å²) in [5.41, 5.74) is 8.62. The molecule has 2 nitrogen and oxygen atoms in total. The van der Waals surface area contributed by atoms with Crippen LogP contribution in [0.4, 0.5) is 5.69 Å². The predicted octanol–water partition coefficient (Wildman–Crippen LogP) is 4.04. The fraction of sp³-hybridized carbons (Fsp3) is 0.600. The Balaban J connectivity index is 1.98. The zero-order valence-electron chi connectivity index (χ0n) is 11.4. The summed E-state index contributed by atoms with van der Waals surface area (Å²) < 4.78 is 1.06. The molecule has 0 saturated carbocycles. The quantitative estimate of drug-likeness (QED) is 0.854. The highest BCUT2D eigenvalue weighted by Crippen LogP contribution is 2.35. The average molecular weight is 311 g/mol. The number of nitrogen functional groups attached to an aromatic ring is 1. The smallest absolute Gasteiger partial charge is 0.0461 e. The molecule has 18 heavy (non-hydrogen) atoms. The summed E-state index contributed by atoms with van der Waals surface area (Å²) in [5.74, 6) is 0. The molecule has 0 radical (unpaired) electrons. The third-order valence-electron chi connectivity index (χ3n) is 4.42. The van der Waals surface area contributed by atoms with Gasteiger partial charge in [0.25, 0.3) is 0 Å².